The topological polar surface area (TPSA) is 46.5 Å². The Bertz CT molecular complexity index is 341. The van der Waals surface area contributed by atoms with Crippen LogP contribution in [0, 0.1) is 17.7 Å². The van der Waals surface area contributed by atoms with Crippen LogP contribution in [0.5, 0.6) is 0 Å². The van der Waals surface area contributed by atoms with E-state index in [-0.39, 0.29) is 11.7 Å². The Labute approximate surface area is 80.8 Å². The molecule has 0 aliphatic carbocycles. The van der Waals surface area contributed by atoms with Crippen molar-refractivity contribution in [2.45, 2.75) is 20.8 Å². The van der Waals surface area contributed by atoms with Gasteiger partial charge >= 0.3 is 0 Å². The van der Waals surface area contributed by atoms with E-state index in [0.29, 0.717) is 10.6 Å². The van der Waals surface area contributed by atoms with Crippen LogP contribution in [0.1, 0.15) is 29.1 Å². The van der Waals surface area contributed by atoms with E-state index in [2.05, 4.69) is 5.18 Å². The lowest BCUT2D eigenvalue weighted by Crippen LogP contribution is -2.06. The molecular formula is C9H11NO2S. The van der Waals surface area contributed by atoms with E-state index in [0.717, 1.165) is 4.88 Å². The molecule has 0 atom stereocenters. The van der Waals surface area contributed by atoms with Crippen LogP contribution in [0.3, 0.4) is 0 Å². The quantitative estimate of drug-likeness (QED) is 0.551. The molecule has 1 heterocycles. The minimum atomic E-state index is -0.0344. The maximum absolute atomic E-state index is 11.6. The minimum Gasteiger partial charge on any atom is -0.294 e. The Balaban J connectivity index is 3.07. The van der Waals surface area contributed by atoms with Gasteiger partial charge in [0.15, 0.2) is 10.8 Å². The zero-order valence-electron chi connectivity index (χ0n) is 7.83. The van der Waals surface area contributed by atoms with Crippen LogP contribution in [-0.2, 0) is 0 Å². The van der Waals surface area contributed by atoms with Crippen molar-refractivity contribution in [2.75, 3.05) is 0 Å². The van der Waals surface area contributed by atoms with Crippen molar-refractivity contribution in [3.63, 3.8) is 0 Å². The van der Waals surface area contributed by atoms with Crippen molar-refractivity contribution in [1.82, 2.24) is 0 Å². The number of nitroso groups, excluding NO2 is 1. The predicted molar refractivity (Wildman–Crippen MR) is 53.7 cm³/mol. The first kappa shape index (κ1) is 10.1. The second-order valence-corrected chi connectivity index (χ2v) is 4.40. The van der Waals surface area contributed by atoms with Crippen molar-refractivity contribution >= 4 is 22.1 Å². The minimum absolute atomic E-state index is 0.0344. The highest BCUT2D eigenvalue weighted by molar-refractivity contribution is 7.16. The number of nitrogens with zero attached hydrogens (tertiary/aromatic N) is 1. The third kappa shape index (κ3) is 2.01. The summed E-state index contributed by atoms with van der Waals surface area (Å²) in [6.45, 7) is 5.51. The molecule has 1 aromatic heterocycles. The molecule has 0 saturated carbocycles. The largest absolute Gasteiger partial charge is 0.294 e. The first-order valence-electron chi connectivity index (χ1n) is 4.04. The summed E-state index contributed by atoms with van der Waals surface area (Å²) in [5.41, 5.74) is 0.634. The molecule has 13 heavy (non-hydrogen) atoms. The van der Waals surface area contributed by atoms with Gasteiger partial charge in [-0.05, 0) is 18.2 Å². The van der Waals surface area contributed by atoms with E-state index >= 15 is 0 Å². The van der Waals surface area contributed by atoms with Gasteiger partial charge in [0.05, 0.1) is 0 Å². The van der Waals surface area contributed by atoms with Gasteiger partial charge in [-0.3, -0.25) is 4.79 Å². The van der Waals surface area contributed by atoms with Crippen LogP contribution in [0.15, 0.2) is 11.2 Å². The normalized spacial score (nSPS) is 10.5. The first-order valence-corrected chi connectivity index (χ1v) is 4.86. The molecule has 0 spiro atoms. The molecule has 0 aliphatic rings. The summed E-state index contributed by atoms with van der Waals surface area (Å²) in [6, 6.07) is 1.56. The van der Waals surface area contributed by atoms with Crippen LogP contribution in [0.4, 0.5) is 5.00 Å². The van der Waals surface area contributed by atoms with Crippen molar-refractivity contribution in [3.05, 3.63) is 21.4 Å². The maximum Gasteiger partial charge on any atom is 0.166 e. The second kappa shape index (κ2) is 3.79. The Morgan fingerprint density at radius 1 is 1.54 bits per heavy atom. The fourth-order valence-corrected chi connectivity index (χ4v) is 1.86. The smallest absolute Gasteiger partial charge is 0.166 e. The number of carbonyl (C=O) groups excluding carboxylic acids is 1. The molecule has 0 N–H and O–H groups in total. The van der Waals surface area contributed by atoms with Gasteiger partial charge in [-0.25, -0.2) is 0 Å². The number of hydrogen-bond donors (Lipinski definition) is 0. The monoisotopic (exact) mass is 197 g/mol. The average molecular weight is 197 g/mol. The number of thiophene rings is 1. The molecule has 70 valence electrons. The number of rotatable bonds is 3. The van der Waals surface area contributed by atoms with Gasteiger partial charge < -0.3 is 0 Å². The molecule has 0 saturated heterocycles. The van der Waals surface area contributed by atoms with E-state index in [1.165, 1.54) is 11.3 Å². The van der Waals surface area contributed by atoms with Gasteiger partial charge in [0.1, 0.15) is 0 Å². The van der Waals surface area contributed by atoms with Crippen LogP contribution in [0.2, 0.25) is 0 Å². The van der Waals surface area contributed by atoms with Crippen LogP contribution in [0.25, 0.3) is 0 Å². The summed E-state index contributed by atoms with van der Waals surface area (Å²) in [5, 5.41) is 3.19. The van der Waals surface area contributed by atoms with Gasteiger partial charge in [-0.15, -0.1) is 16.2 Å². The Morgan fingerprint density at radius 2 is 2.15 bits per heavy atom. The van der Waals surface area contributed by atoms with Crippen LogP contribution in [-0.4, -0.2) is 5.78 Å². The number of hydrogen-bond acceptors (Lipinski definition) is 4. The predicted octanol–water partition coefficient (Wildman–Crippen LogP) is 3.29. The van der Waals surface area contributed by atoms with Gasteiger partial charge in [0.25, 0.3) is 0 Å². The molecule has 1 aromatic rings. The van der Waals surface area contributed by atoms with Gasteiger partial charge in [-0.2, -0.15) is 0 Å². The molecule has 0 unspecified atom stereocenters. The summed E-state index contributed by atoms with van der Waals surface area (Å²) < 4.78 is 0. The van der Waals surface area contributed by atoms with Crippen molar-refractivity contribution in [1.29, 1.82) is 0 Å². The van der Waals surface area contributed by atoms with E-state index in [9.17, 15) is 9.70 Å². The standard InChI is InChI=1S/C9H11NO2S/c1-5(2)9(11)7-4-8(10-12)13-6(7)3/h4-5H,1-3H3. The van der Waals surface area contributed by atoms with E-state index in [1.807, 2.05) is 20.8 Å². The number of ketones is 1. The molecule has 1 rings (SSSR count). The Kier molecular flexibility index (Phi) is 2.93. The highest BCUT2D eigenvalue weighted by Gasteiger charge is 2.16. The lowest BCUT2D eigenvalue weighted by Gasteiger charge is -2.01. The van der Waals surface area contributed by atoms with Crippen LogP contribution >= 0.6 is 11.3 Å². The Morgan fingerprint density at radius 3 is 2.54 bits per heavy atom. The molecule has 0 bridgehead atoms. The summed E-state index contributed by atoms with van der Waals surface area (Å²) in [6.07, 6.45) is 0. The summed E-state index contributed by atoms with van der Waals surface area (Å²) in [5.74, 6) is 0.0384. The summed E-state index contributed by atoms with van der Waals surface area (Å²) in [7, 11) is 0. The van der Waals surface area contributed by atoms with Crippen molar-refractivity contribution in [2.24, 2.45) is 11.1 Å². The third-order valence-electron chi connectivity index (χ3n) is 1.78. The number of Topliss-reactive ketones (excluding diaryl/α,β-unsaturated/α-hetero) is 1. The van der Waals surface area contributed by atoms with Crippen molar-refractivity contribution < 1.29 is 4.79 Å². The third-order valence-corrected chi connectivity index (χ3v) is 2.71. The molecule has 0 aromatic carbocycles. The summed E-state index contributed by atoms with van der Waals surface area (Å²) >= 11 is 1.26. The molecule has 4 heteroatoms. The second-order valence-electron chi connectivity index (χ2n) is 3.16. The molecule has 0 amide bonds. The Hall–Kier alpha value is -1.03. The van der Waals surface area contributed by atoms with E-state index in [1.54, 1.807) is 6.07 Å². The molecule has 3 nitrogen and oxygen atoms in total. The van der Waals surface area contributed by atoms with E-state index < -0.39 is 0 Å². The average Bonchev–Trinajstić information content (AvgIpc) is 2.45. The van der Waals surface area contributed by atoms with Crippen molar-refractivity contribution in [3.8, 4) is 0 Å². The zero-order chi connectivity index (χ0) is 10.0. The van der Waals surface area contributed by atoms with Gasteiger partial charge in [0.2, 0.25) is 0 Å². The molecular weight excluding hydrogens is 186 g/mol. The molecule has 0 aliphatic heterocycles. The van der Waals surface area contributed by atoms with E-state index in [4.69, 9.17) is 0 Å². The highest BCUT2D eigenvalue weighted by atomic mass is 32.1. The first-order chi connectivity index (χ1) is 6.06. The number of carbonyl (C=O) groups is 1. The maximum atomic E-state index is 11.6. The number of aryl methyl sites for hydroxylation is 1. The fourth-order valence-electron chi connectivity index (χ4n) is 1.07. The van der Waals surface area contributed by atoms with Crippen LogP contribution < -0.4 is 0 Å². The fraction of sp³-hybridized carbons (Fsp3) is 0.444. The lowest BCUT2D eigenvalue weighted by atomic mass is 10.0. The molecule has 0 radical (unpaired) electrons. The highest BCUT2D eigenvalue weighted by Crippen LogP contribution is 2.29. The lowest BCUT2D eigenvalue weighted by molar-refractivity contribution is 0.0939. The molecule has 0 fully saturated rings. The van der Waals surface area contributed by atoms with Gasteiger partial charge in [0, 0.05) is 16.4 Å². The van der Waals surface area contributed by atoms with Gasteiger partial charge in [-0.1, -0.05) is 13.8 Å². The summed E-state index contributed by atoms with van der Waals surface area (Å²) in [4.78, 5) is 22.6. The SMILES string of the molecule is Cc1sc(N=O)cc1C(=O)C(C)C. The zero-order valence-corrected chi connectivity index (χ0v) is 8.64.